The van der Waals surface area contributed by atoms with Gasteiger partial charge in [0, 0.05) is 32.1 Å². The minimum absolute atomic E-state index is 0.332. The van der Waals surface area contributed by atoms with Crippen LogP contribution in [0.15, 0.2) is 60.8 Å². The van der Waals surface area contributed by atoms with Gasteiger partial charge in [-0.1, -0.05) is 352 Å². The summed E-state index contributed by atoms with van der Waals surface area (Å²) in [5.74, 6) is -3.32. The number of hydrogen-bond donors (Lipinski definition) is 17. The monoisotopic (exact) mass is 1780 g/mol. The standard InChI is InChI=1S/5C18H34O2.4C3H8O3/c5*1-2-3-4-5-6-7-8-9-10-11-12-13-14-15-16-17-18(19)20;4*4-1-3(6)2-5/h5*9-10H,2-8,11-17H2,1H3,(H,19,20);4*3-6H,1-2H2/b5*10-9-;;;;. The summed E-state index contributed by atoms with van der Waals surface area (Å²) in [5.41, 5.74) is 0. The second-order valence-electron chi connectivity index (χ2n) is 32.7. The Kier molecular flexibility index (Phi) is 149. The molecule has 22 nitrogen and oxygen atoms in total. The summed E-state index contributed by atoms with van der Waals surface area (Å²) in [4.78, 5) is 51.6. The van der Waals surface area contributed by atoms with E-state index in [1.807, 2.05) is 0 Å². The summed E-state index contributed by atoms with van der Waals surface area (Å²) in [5, 5.41) is 139. The number of carbonyl (C=O) groups is 5. The topological polar surface area (TPSA) is 429 Å². The van der Waals surface area contributed by atoms with Gasteiger partial charge in [0.2, 0.25) is 0 Å². The fraction of sp³-hybridized carbons (Fsp3) is 0.853. The molecule has 0 aromatic rings. The van der Waals surface area contributed by atoms with Crippen molar-refractivity contribution in [3.8, 4) is 0 Å². The van der Waals surface area contributed by atoms with E-state index in [9.17, 15) is 24.0 Å². The first-order valence-electron chi connectivity index (χ1n) is 50.0. The van der Waals surface area contributed by atoms with E-state index in [1.165, 1.54) is 353 Å². The number of allylic oxidation sites excluding steroid dienone is 10. The molecule has 124 heavy (non-hydrogen) atoms. The Labute approximate surface area is 759 Å². The zero-order valence-corrected chi connectivity index (χ0v) is 80.4. The van der Waals surface area contributed by atoms with Gasteiger partial charge in [-0.05, 0) is 161 Å². The molecular weight excluding hydrogens is 1580 g/mol. The highest BCUT2D eigenvalue weighted by Gasteiger charge is 2.03. The summed E-state index contributed by atoms with van der Waals surface area (Å²) in [6, 6.07) is 0. The van der Waals surface area contributed by atoms with E-state index in [2.05, 4.69) is 95.4 Å². The minimum Gasteiger partial charge on any atom is -0.481 e. The first-order valence-corrected chi connectivity index (χ1v) is 50.0. The van der Waals surface area contributed by atoms with Gasteiger partial charge < -0.3 is 86.8 Å². The largest absolute Gasteiger partial charge is 0.481 e. The molecule has 0 aliphatic carbocycles. The number of aliphatic hydroxyl groups excluding tert-OH is 12. The van der Waals surface area contributed by atoms with Gasteiger partial charge in [0.25, 0.3) is 0 Å². The van der Waals surface area contributed by atoms with Crippen LogP contribution in [-0.2, 0) is 24.0 Å². The van der Waals surface area contributed by atoms with Crippen LogP contribution in [0.1, 0.15) is 484 Å². The van der Waals surface area contributed by atoms with E-state index in [1.54, 1.807) is 0 Å². The smallest absolute Gasteiger partial charge is 0.303 e. The molecule has 0 spiro atoms. The lowest BCUT2D eigenvalue weighted by molar-refractivity contribution is -0.138. The van der Waals surface area contributed by atoms with Crippen molar-refractivity contribution >= 4 is 29.8 Å². The maximum absolute atomic E-state index is 10.3. The Morgan fingerprint density at radius 1 is 0.161 bits per heavy atom. The summed E-state index contributed by atoms with van der Waals surface area (Å²) in [6.07, 6.45) is 102. The highest BCUT2D eigenvalue weighted by atomic mass is 16.4. The van der Waals surface area contributed by atoms with Gasteiger partial charge in [0.1, 0.15) is 24.4 Å². The van der Waals surface area contributed by atoms with Crippen LogP contribution in [0, 0.1) is 0 Å². The number of unbranched alkanes of at least 4 members (excludes halogenated alkanes) is 55. The van der Waals surface area contributed by atoms with Crippen molar-refractivity contribution in [1.82, 2.24) is 0 Å². The SMILES string of the molecule is CCCCCCCC/C=C\CCCCCCCC(=O)O.CCCCCCCC/C=C\CCCCCCCC(=O)O.CCCCCCCC/C=C\CCCCCCCC(=O)O.CCCCCCCC/C=C\CCCCCCCC(=O)O.CCCCCCCC/C=C\CCCCCCCC(=O)O.OCC(O)CO.OCC(O)CO.OCC(O)CO.OCC(O)CO. The van der Waals surface area contributed by atoms with E-state index in [0.717, 1.165) is 64.2 Å². The molecule has 0 aliphatic heterocycles. The van der Waals surface area contributed by atoms with Gasteiger partial charge in [-0.2, -0.15) is 0 Å². The number of rotatable bonds is 83. The molecule has 0 unspecified atom stereocenters. The minimum atomic E-state index is -0.954. The molecule has 0 rings (SSSR count). The lowest BCUT2D eigenvalue weighted by Gasteiger charge is -1.99. The van der Waals surface area contributed by atoms with Gasteiger partial charge >= 0.3 is 29.8 Å². The van der Waals surface area contributed by atoms with Gasteiger partial charge in [0.15, 0.2) is 0 Å². The number of carboxylic acids is 5. The molecule has 0 atom stereocenters. The number of hydrogen-bond acceptors (Lipinski definition) is 17. The fourth-order valence-corrected chi connectivity index (χ4v) is 12.0. The van der Waals surface area contributed by atoms with Crippen molar-refractivity contribution in [2.75, 3.05) is 52.9 Å². The molecule has 0 radical (unpaired) electrons. The fourth-order valence-electron chi connectivity index (χ4n) is 12.0. The average Bonchev–Trinajstić information content (AvgIpc) is 1.12. The normalized spacial score (nSPS) is 11.0. The van der Waals surface area contributed by atoms with Gasteiger partial charge in [0.05, 0.1) is 52.9 Å². The van der Waals surface area contributed by atoms with Crippen molar-refractivity contribution in [1.29, 1.82) is 0 Å². The van der Waals surface area contributed by atoms with Crippen LogP contribution in [0.4, 0.5) is 0 Å². The molecule has 17 N–H and O–H groups in total. The van der Waals surface area contributed by atoms with Crippen molar-refractivity contribution in [2.24, 2.45) is 0 Å². The predicted octanol–water partition coefficient (Wildman–Crippen LogP) is 23.9. The van der Waals surface area contributed by atoms with Crippen LogP contribution in [0.25, 0.3) is 0 Å². The van der Waals surface area contributed by atoms with Crippen LogP contribution >= 0.6 is 0 Å². The summed E-state index contributed by atoms with van der Waals surface area (Å²) >= 11 is 0. The quantitative estimate of drug-likeness (QED) is 0.0199. The van der Waals surface area contributed by atoms with E-state index in [-0.39, 0.29) is 52.9 Å². The Morgan fingerprint density at radius 2 is 0.250 bits per heavy atom. The van der Waals surface area contributed by atoms with Gasteiger partial charge in [-0.15, -0.1) is 0 Å². The van der Waals surface area contributed by atoms with E-state index in [4.69, 9.17) is 86.8 Å². The molecule has 0 amide bonds. The zero-order chi connectivity index (χ0) is 94.4. The van der Waals surface area contributed by atoms with Crippen molar-refractivity contribution < 1.29 is 111 Å². The van der Waals surface area contributed by atoms with Crippen molar-refractivity contribution in [3.63, 3.8) is 0 Å². The number of carboxylic acid groups (broad SMARTS) is 5. The molecule has 0 aromatic carbocycles. The molecule has 0 bridgehead atoms. The second-order valence-corrected chi connectivity index (χ2v) is 32.7. The Morgan fingerprint density at radius 3 is 0.331 bits per heavy atom. The molecule has 0 aromatic heterocycles. The average molecular weight is 1780 g/mol. The molecule has 22 heteroatoms. The third-order valence-electron chi connectivity index (χ3n) is 19.9. The molecule has 742 valence electrons. The highest BCUT2D eigenvalue weighted by molar-refractivity contribution is 5.67. The van der Waals surface area contributed by atoms with Crippen LogP contribution < -0.4 is 0 Å². The Balaban J connectivity index is -0.000000178. The zero-order valence-electron chi connectivity index (χ0n) is 80.4. The number of aliphatic hydroxyl groups is 12. The molecule has 0 saturated heterocycles. The van der Waals surface area contributed by atoms with Crippen LogP contribution in [-0.4, -0.2) is 194 Å². The third kappa shape index (κ3) is 171. The van der Waals surface area contributed by atoms with Crippen LogP contribution in [0.3, 0.4) is 0 Å². The molecule has 0 heterocycles. The summed E-state index contributed by atoms with van der Waals surface area (Å²) in [7, 11) is 0. The number of aliphatic carboxylic acids is 5. The van der Waals surface area contributed by atoms with Crippen molar-refractivity contribution in [2.45, 2.75) is 508 Å². The highest BCUT2D eigenvalue weighted by Crippen LogP contribution is 2.17. The molecular formula is C102H202O22. The molecule has 0 fully saturated rings. The van der Waals surface area contributed by atoms with Gasteiger partial charge in [-0.3, -0.25) is 24.0 Å². The van der Waals surface area contributed by atoms with E-state index >= 15 is 0 Å². The summed E-state index contributed by atoms with van der Waals surface area (Å²) < 4.78 is 0. The second kappa shape index (κ2) is 134. The summed E-state index contributed by atoms with van der Waals surface area (Å²) in [6.45, 7) is 8.38. The lowest BCUT2D eigenvalue weighted by Crippen LogP contribution is -2.15. The van der Waals surface area contributed by atoms with Crippen molar-refractivity contribution in [3.05, 3.63) is 60.8 Å². The molecule has 0 aliphatic rings. The lowest BCUT2D eigenvalue weighted by atomic mass is 10.1. The predicted molar refractivity (Wildman–Crippen MR) is 516 cm³/mol. The molecule has 0 saturated carbocycles. The maximum atomic E-state index is 10.3. The third-order valence-corrected chi connectivity index (χ3v) is 19.9. The first-order chi connectivity index (χ1) is 60.1. The van der Waals surface area contributed by atoms with E-state index < -0.39 is 54.3 Å². The van der Waals surface area contributed by atoms with Crippen LogP contribution in [0.2, 0.25) is 0 Å². The van der Waals surface area contributed by atoms with Gasteiger partial charge in [-0.25, -0.2) is 0 Å². The van der Waals surface area contributed by atoms with Crippen LogP contribution in [0.5, 0.6) is 0 Å². The Hall–Kier alpha value is -4.43. The maximum Gasteiger partial charge on any atom is 0.303 e. The van der Waals surface area contributed by atoms with E-state index in [0.29, 0.717) is 32.1 Å². The Bertz CT molecular complexity index is 1780. The first kappa shape index (κ1) is 137.